The minimum absolute atomic E-state index is 0.0459. The second-order valence-corrected chi connectivity index (χ2v) is 11.3. The number of thiophene rings is 1. The number of aryl methyl sites for hydroxylation is 1. The zero-order valence-corrected chi connectivity index (χ0v) is 23.4. The van der Waals surface area contributed by atoms with Crippen LogP contribution in [0.25, 0.3) is 22.1 Å². The van der Waals surface area contributed by atoms with Gasteiger partial charge in [-0.05, 0) is 72.3 Å². The van der Waals surface area contributed by atoms with Crippen LogP contribution in [0.1, 0.15) is 46.5 Å². The molecule has 1 atom stereocenters. The van der Waals surface area contributed by atoms with E-state index in [-0.39, 0.29) is 42.6 Å². The molecular weight excluding hydrogens is 539 g/mol. The summed E-state index contributed by atoms with van der Waals surface area (Å²) in [5, 5.41) is 2.93. The van der Waals surface area contributed by atoms with Gasteiger partial charge in [0.25, 0.3) is 11.5 Å². The minimum Gasteiger partial charge on any atom is -0.448 e. The maximum atomic E-state index is 14.2. The Morgan fingerprint density at radius 2 is 1.95 bits per heavy atom. The van der Waals surface area contributed by atoms with E-state index in [0.717, 1.165) is 10.4 Å². The van der Waals surface area contributed by atoms with E-state index in [4.69, 9.17) is 26.7 Å². The molecule has 0 radical (unpaired) electrons. The van der Waals surface area contributed by atoms with E-state index < -0.39 is 17.4 Å². The number of benzene rings is 2. The maximum Gasteiger partial charge on any atom is 0.297 e. The lowest BCUT2D eigenvalue weighted by molar-refractivity contribution is 0.0612. The number of hydrogen-bond donors (Lipinski definition) is 1. The number of halogens is 2. The summed E-state index contributed by atoms with van der Waals surface area (Å²) in [4.78, 5) is 35.4. The van der Waals surface area contributed by atoms with Crippen LogP contribution in [0.15, 0.2) is 63.1 Å². The Bertz CT molecular complexity index is 1720. The molecule has 0 aliphatic heterocycles. The van der Waals surface area contributed by atoms with Gasteiger partial charge in [0, 0.05) is 33.9 Å². The highest BCUT2D eigenvalue weighted by molar-refractivity contribution is 7.10. The molecule has 202 valence electrons. The van der Waals surface area contributed by atoms with Gasteiger partial charge in [0.1, 0.15) is 22.7 Å². The molecule has 2 aromatic carbocycles. The molecular formula is C29H28ClFN4O3S. The lowest BCUT2D eigenvalue weighted by atomic mass is 9.99. The second-order valence-electron chi connectivity index (χ2n) is 9.85. The fourth-order valence-corrected chi connectivity index (χ4v) is 5.87. The number of fused-ring (bicyclic) bond motifs is 3. The molecule has 7 nitrogen and oxygen atoms in total. The Morgan fingerprint density at radius 1 is 1.21 bits per heavy atom. The normalized spacial score (nSPS) is 12.5. The first kappa shape index (κ1) is 27.1. The van der Waals surface area contributed by atoms with Crippen molar-refractivity contribution in [2.45, 2.75) is 33.4 Å². The van der Waals surface area contributed by atoms with E-state index in [9.17, 15) is 14.0 Å². The number of hydrogen-bond acceptors (Lipinski definition) is 6. The SMILES string of the molecule is Cc1csc(Cn2c([C@@H](C(C)C)N(CCN)C(=O)c3ccc(Cl)cc3)nc3c(oc4ccc(F)cc43)c2=O)c1. The molecule has 0 spiro atoms. The van der Waals surface area contributed by atoms with Crippen LogP contribution >= 0.6 is 22.9 Å². The molecule has 0 aliphatic carbocycles. The van der Waals surface area contributed by atoms with Crippen LogP contribution in [0, 0.1) is 18.7 Å². The van der Waals surface area contributed by atoms with Gasteiger partial charge in [0.05, 0.1) is 12.6 Å². The first-order valence-corrected chi connectivity index (χ1v) is 13.9. The Balaban J connectivity index is 1.76. The first-order valence-electron chi connectivity index (χ1n) is 12.6. The monoisotopic (exact) mass is 566 g/mol. The Labute approximate surface area is 233 Å². The van der Waals surface area contributed by atoms with Crippen LogP contribution < -0.4 is 11.3 Å². The van der Waals surface area contributed by atoms with E-state index in [1.165, 1.54) is 29.5 Å². The fraction of sp³-hybridized carbons (Fsp3) is 0.276. The van der Waals surface area contributed by atoms with Crippen molar-refractivity contribution in [1.29, 1.82) is 0 Å². The van der Waals surface area contributed by atoms with Gasteiger partial charge in [0.15, 0.2) is 0 Å². The van der Waals surface area contributed by atoms with Crippen molar-refractivity contribution < 1.29 is 13.6 Å². The predicted octanol–water partition coefficient (Wildman–Crippen LogP) is 6.15. The Hall–Kier alpha value is -3.53. The van der Waals surface area contributed by atoms with Crippen molar-refractivity contribution in [2.24, 2.45) is 11.7 Å². The molecule has 39 heavy (non-hydrogen) atoms. The molecule has 0 saturated carbocycles. The third-order valence-corrected chi connectivity index (χ3v) is 7.91. The topological polar surface area (TPSA) is 94.4 Å². The summed E-state index contributed by atoms with van der Waals surface area (Å²) in [7, 11) is 0. The molecule has 0 aliphatic rings. The molecule has 0 saturated heterocycles. The fourth-order valence-electron chi connectivity index (χ4n) is 4.88. The third kappa shape index (κ3) is 5.22. The molecule has 0 unspecified atom stereocenters. The van der Waals surface area contributed by atoms with E-state index in [2.05, 4.69) is 0 Å². The van der Waals surface area contributed by atoms with E-state index in [1.807, 2.05) is 32.2 Å². The van der Waals surface area contributed by atoms with Crippen molar-refractivity contribution in [3.05, 3.63) is 96.9 Å². The summed E-state index contributed by atoms with van der Waals surface area (Å²) in [5.74, 6) is -0.485. The minimum atomic E-state index is -0.617. The van der Waals surface area contributed by atoms with Crippen LogP contribution in [0.2, 0.25) is 5.02 Å². The molecule has 10 heteroatoms. The van der Waals surface area contributed by atoms with Gasteiger partial charge >= 0.3 is 0 Å². The average Bonchev–Trinajstić information content (AvgIpc) is 3.48. The van der Waals surface area contributed by atoms with Gasteiger partial charge in [0.2, 0.25) is 5.58 Å². The molecule has 2 N–H and O–H groups in total. The zero-order valence-electron chi connectivity index (χ0n) is 21.8. The quantitative estimate of drug-likeness (QED) is 0.243. The molecule has 5 aromatic rings. The van der Waals surface area contributed by atoms with Gasteiger partial charge in [-0.15, -0.1) is 11.3 Å². The smallest absolute Gasteiger partial charge is 0.297 e. The highest BCUT2D eigenvalue weighted by atomic mass is 35.5. The van der Waals surface area contributed by atoms with E-state index in [1.54, 1.807) is 33.7 Å². The van der Waals surface area contributed by atoms with Crippen LogP contribution in [0.5, 0.6) is 0 Å². The van der Waals surface area contributed by atoms with E-state index in [0.29, 0.717) is 27.4 Å². The van der Waals surface area contributed by atoms with Crippen molar-refractivity contribution in [1.82, 2.24) is 14.5 Å². The summed E-state index contributed by atoms with van der Waals surface area (Å²) in [6.45, 7) is 6.61. The summed E-state index contributed by atoms with van der Waals surface area (Å²) >= 11 is 7.60. The predicted molar refractivity (Wildman–Crippen MR) is 153 cm³/mol. The standard InChI is InChI=1S/C29H28ClFN4O3S/c1-16(2)25(34(11-10-32)28(36)18-4-6-19(30)7-5-18)27-33-24-22-13-20(31)8-9-23(22)38-26(24)29(37)35(27)14-21-12-17(3)15-39-21/h4-9,12-13,15-16,25H,10-11,14,32H2,1-3H3/t25-/m1/s1. The number of carbonyl (C=O) groups is 1. The largest absolute Gasteiger partial charge is 0.448 e. The maximum absolute atomic E-state index is 14.2. The van der Waals surface area contributed by atoms with Crippen molar-refractivity contribution in [3.63, 3.8) is 0 Å². The number of carbonyl (C=O) groups excluding carboxylic acids is 1. The molecule has 5 rings (SSSR count). The van der Waals surface area contributed by atoms with Crippen molar-refractivity contribution in [2.75, 3.05) is 13.1 Å². The molecule has 0 fully saturated rings. The number of aromatic nitrogens is 2. The number of furan rings is 1. The molecule has 1 amide bonds. The van der Waals surface area contributed by atoms with Gasteiger partial charge < -0.3 is 15.1 Å². The second kappa shape index (κ2) is 10.9. The van der Waals surface area contributed by atoms with Crippen molar-refractivity contribution >= 4 is 50.9 Å². The number of nitrogens with two attached hydrogens (primary N) is 1. The molecule has 3 heterocycles. The summed E-state index contributed by atoms with van der Waals surface area (Å²) in [6, 6.07) is 12.1. The third-order valence-electron chi connectivity index (χ3n) is 6.62. The van der Waals surface area contributed by atoms with Crippen LogP contribution in [-0.4, -0.2) is 33.4 Å². The Kier molecular flexibility index (Phi) is 7.57. The van der Waals surface area contributed by atoms with Crippen LogP contribution in [0.3, 0.4) is 0 Å². The van der Waals surface area contributed by atoms with Crippen molar-refractivity contribution in [3.8, 4) is 0 Å². The highest BCUT2D eigenvalue weighted by Crippen LogP contribution is 2.33. The zero-order chi connectivity index (χ0) is 27.8. The van der Waals surface area contributed by atoms with Gasteiger partial charge in [-0.25, -0.2) is 9.37 Å². The van der Waals surface area contributed by atoms with Crippen LogP contribution in [-0.2, 0) is 6.54 Å². The first-order chi connectivity index (χ1) is 18.7. The summed E-state index contributed by atoms with van der Waals surface area (Å²) < 4.78 is 21.7. The summed E-state index contributed by atoms with van der Waals surface area (Å²) in [6.07, 6.45) is 0. The highest BCUT2D eigenvalue weighted by Gasteiger charge is 2.33. The molecule has 3 aromatic heterocycles. The average molecular weight is 567 g/mol. The van der Waals surface area contributed by atoms with Gasteiger partial charge in [-0.2, -0.15) is 0 Å². The lowest BCUT2D eigenvalue weighted by Gasteiger charge is -2.35. The van der Waals surface area contributed by atoms with Gasteiger partial charge in [-0.1, -0.05) is 25.4 Å². The van der Waals surface area contributed by atoms with E-state index >= 15 is 0 Å². The lowest BCUT2D eigenvalue weighted by Crippen LogP contribution is -2.43. The van der Waals surface area contributed by atoms with Gasteiger partial charge in [-0.3, -0.25) is 14.2 Å². The van der Waals surface area contributed by atoms with Crippen LogP contribution in [0.4, 0.5) is 4.39 Å². The molecule has 0 bridgehead atoms. The number of amides is 1. The summed E-state index contributed by atoms with van der Waals surface area (Å²) in [5.41, 5.74) is 7.79. The number of rotatable bonds is 8. The Morgan fingerprint density at radius 3 is 2.59 bits per heavy atom. The number of nitrogens with zero attached hydrogens (tertiary/aromatic N) is 3.